The maximum atomic E-state index is 12.3. The molecule has 0 saturated carbocycles. The van der Waals surface area contributed by atoms with Gasteiger partial charge in [0.25, 0.3) is 5.91 Å². The van der Waals surface area contributed by atoms with E-state index >= 15 is 0 Å². The van der Waals surface area contributed by atoms with Crippen LogP contribution < -0.4 is 10.6 Å². The summed E-state index contributed by atoms with van der Waals surface area (Å²) in [5, 5.41) is 5.50. The van der Waals surface area contributed by atoms with Gasteiger partial charge in [0.05, 0.1) is 17.3 Å². The molecular formula is C15H18ClN3O4. The molecule has 1 aromatic rings. The molecule has 1 aliphatic heterocycles. The molecule has 0 radical (unpaired) electrons. The van der Waals surface area contributed by atoms with Crippen molar-refractivity contribution in [3.63, 3.8) is 0 Å². The largest absolute Gasteiger partial charge is 0.382 e. The van der Waals surface area contributed by atoms with Crippen LogP contribution in [-0.2, 0) is 14.3 Å². The van der Waals surface area contributed by atoms with Crippen LogP contribution >= 0.6 is 11.6 Å². The van der Waals surface area contributed by atoms with Gasteiger partial charge in [-0.15, -0.1) is 0 Å². The number of hydrogen-bond acceptors (Lipinski definition) is 4. The van der Waals surface area contributed by atoms with Crippen molar-refractivity contribution < 1.29 is 19.1 Å². The number of aryl methyl sites for hydroxylation is 1. The summed E-state index contributed by atoms with van der Waals surface area (Å²) in [5.41, 5.74) is 0.222. The Morgan fingerprint density at radius 3 is 2.74 bits per heavy atom. The van der Waals surface area contributed by atoms with Gasteiger partial charge < -0.3 is 15.4 Å². The van der Waals surface area contributed by atoms with Gasteiger partial charge in [-0.05, 0) is 31.5 Å². The number of anilines is 1. The zero-order valence-electron chi connectivity index (χ0n) is 13.1. The zero-order chi connectivity index (χ0) is 17.2. The average Bonchev–Trinajstić information content (AvgIpc) is 2.66. The first-order chi connectivity index (χ1) is 10.8. The fraction of sp³-hybridized carbons (Fsp3) is 0.400. The van der Waals surface area contributed by atoms with E-state index in [1.54, 1.807) is 25.1 Å². The Bertz CT molecular complexity index is 664. The van der Waals surface area contributed by atoms with Crippen molar-refractivity contribution in [2.45, 2.75) is 19.4 Å². The van der Waals surface area contributed by atoms with Gasteiger partial charge in [-0.1, -0.05) is 17.7 Å². The maximum Gasteiger partial charge on any atom is 0.325 e. The summed E-state index contributed by atoms with van der Waals surface area (Å²) < 4.78 is 4.94. The molecule has 1 unspecified atom stereocenters. The number of nitrogens with zero attached hydrogens (tertiary/aromatic N) is 1. The second kappa shape index (κ2) is 6.55. The highest BCUT2D eigenvalue weighted by atomic mass is 35.5. The van der Waals surface area contributed by atoms with Gasteiger partial charge in [0.2, 0.25) is 5.91 Å². The predicted octanol–water partition coefficient (Wildman–Crippen LogP) is 1.54. The lowest BCUT2D eigenvalue weighted by atomic mass is 10.0. The molecule has 1 heterocycles. The number of nitrogens with one attached hydrogen (secondary N) is 2. The summed E-state index contributed by atoms with van der Waals surface area (Å²) in [7, 11) is 1.43. The Kier molecular flexibility index (Phi) is 4.91. The number of methoxy groups -OCH3 is 1. The first-order valence-electron chi connectivity index (χ1n) is 6.96. The number of hydrogen-bond donors (Lipinski definition) is 2. The first-order valence-corrected chi connectivity index (χ1v) is 7.33. The molecule has 23 heavy (non-hydrogen) atoms. The number of imide groups is 1. The van der Waals surface area contributed by atoms with Crippen LogP contribution in [0.1, 0.15) is 12.5 Å². The van der Waals surface area contributed by atoms with Gasteiger partial charge in [-0.25, -0.2) is 4.79 Å². The quantitative estimate of drug-likeness (QED) is 0.797. The smallest absolute Gasteiger partial charge is 0.325 e. The Morgan fingerprint density at radius 2 is 2.13 bits per heavy atom. The average molecular weight is 340 g/mol. The number of rotatable bonds is 5. The minimum Gasteiger partial charge on any atom is -0.382 e. The Morgan fingerprint density at radius 1 is 1.43 bits per heavy atom. The van der Waals surface area contributed by atoms with Crippen molar-refractivity contribution >= 4 is 35.1 Å². The molecule has 2 N–H and O–H groups in total. The molecule has 1 fully saturated rings. The van der Waals surface area contributed by atoms with E-state index < -0.39 is 29.9 Å². The second-order valence-electron chi connectivity index (χ2n) is 5.62. The molecule has 0 spiro atoms. The summed E-state index contributed by atoms with van der Waals surface area (Å²) in [4.78, 5) is 37.1. The molecule has 0 aromatic heterocycles. The topological polar surface area (TPSA) is 87.7 Å². The van der Waals surface area contributed by atoms with E-state index in [2.05, 4.69) is 10.6 Å². The van der Waals surface area contributed by atoms with E-state index in [0.29, 0.717) is 10.7 Å². The van der Waals surface area contributed by atoms with Crippen molar-refractivity contribution in [3.8, 4) is 0 Å². The van der Waals surface area contributed by atoms with Gasteiger partial charge in [-0.2, -0.15) is 0 Å². The van der Waals surface area contributed by atoms with Crippen LogP contribution in [0.5, 0.6) is 0 Å². The molecule has 8 heteroatoms. The van der Waals surface area contributed by atoms with Crippen molar-refractivity contribution in [3.05, 3.63) is 28.8 Å². The minimum absolute atomic E-state index is 0.0273. The summed E-state index contributed by atoms with van der Waals surface area (Å²) in [6.45, 7) is 3.06. The van der Waals surface area contributed by atoms with Crippen molar-refractivity contribution in [1.29, 1.82) is 0 Å². The fourth-order valence-electron chi connectivity index (χ4n) is 2.33. The molecule has 2 rings (SSSR count). The second-order valence-corrected chi connectivity index (χ2v) is 6.03. The van der Waals surface area contributed by atoms with E-state index in [4.69, 9.17) is 16.3 Å². The van der Waals surface area contributed by atoms with Crippen LogP contribution in [0.3, 0.4) is 0 Å². The van der Waals surface area contributed by atoms with Crippen LogP contribution in [0, 0.1) is 6.92 Å². The third kappa shape index (κ3) is 3.62. The Labute approximate surface area is 138 Å². The SMILES string of the molecule is COCC1(C)NC(=O)N(CC(=O)Nc2ccc(C)cc2Cl)C1=O. The molecule has 1 saturated heterocycles. The van der Waals surface area contributed by atoms with Crippen LogP contribution in [-0.4, -0.2) is 48.5 Å². The zero-order valence-corrected chi connectivity index (χ0v) is 13.9. The standard InChI is InChI=1S/C15H18ClN3O4/c1-9-4-5-11(10(16)6-9)17-12(20)7-19-13(21)15(2,8-23-3)18-14(19)22/h4-6H,7-8H2,1-3H3,(H,17,20)(H,18,22). The van der Waals surface area contributed by atoms with Crippen LogP contribution in [0.2, 0.25) is 5.02 Å². The highest BCUT2D eigenvalue weighted by molar-refractivity contribution is 6.33. The van der Waals surface area contributed by atoms with Crippen LogP contribution in [0.15, 0.2) is 18.2 Å². The lowest BCUT2D eigenvalue weighted by Crippen LogP contribution is -2.48. The summed E-state index contributed by atoms with van der Waals surface area (Å²) in [6.07, 6.45) is 0. The molecule has 124 valence electrons. The number of urea groups is 1. The lowest BCUT2D eigenvalue weighted by molar-refractivity contribution is -0.134. The number of amides is 4. The van der Waals surface area contributed by atoms with E-state index in [9.17, 15) is 14.4 Å². The van der Waals surface area contributed by atoms with E-state index in [1.165, 1.54) is 7.11 Å². The molecule has 1 atom stereocenters. The molecular weight excluding hydrogens is 322 g/mol. The van der Waals surface area contributed by atoms with E-state index in [0.717, 1.165) is 10.5 Å². The molecule has 7 nitrogen and oxygen atoms in total. The first kappa shape index (κ1) is 17.2. The fourth-order valence-corrected chi connectivity index (χ4v) is 2.61. The molecule has 4 amide bonds. The van der Waals surface area contributed by atoms with Gasteiger partial charge in [-0.3, -0.25) is 14.5 Å². The van der Waals surface area contributed by atoms with Gasteiger partial charge in [0, 0.05) is 7.11 Å². The number of carbonyl (C=O) groups is 3. The predicted molar refractivity (Wildman–Crippen MR) is 85.3 cm³/mol. The van der Waals surface area contributed by atoms with E-state index in [1.807, 2.05) is 6.92 Å². The highest BCUT2D eigenvalue weighted by Crippen LogP contribution is 2.23. The summed E-state index contributed by atoms with van der Waals surface area (Å²) >= 11 is 6.04. The number of halogens is 1. The van der Waals surface area contributed by atoms with Crippen LogP contribution in [0.25, 0.3) is 0 Å². The van der Waals surface area contributed by atoms with Gasteiger partial charge >= 0.3 is 6.03 Å². The van der Waals surface area contributed by atoms with Gasteiger partial charge in [0.1, 0.15) is 12.1 Å². The Balaban J connectivity index is 2.05. The van der Waals surface area contributed by atoms with Crippen molar-refractivity contribution in [1.82, 2.24) is 10.2 Å². The summed E-state index contributed by atoms with van der Waals surface area (Å²) in [6, 6.07) is 4.54. The summed E-state index contributed by atoms with van der Waals surface area (Å²) in [5.74, 6) is -1.02. The number of ether oxygens (including phenoxy) is 1. The third-order valence-corrected chi connectivity index (χ3v) is 3.79. The monoisotopic (exact) mass is 339 g/mol. The minimum atomic E-state index is -1.16. The Hall–Kier alpha value is -2.12. The highest BCUT2D eigenvalue weighted by Gasteiger charge is 2.48. The number of carbonyl (C=O) groups excluding carboxylic acids is 3. The van der Waals surface area contributed by atoms with E-state index in [-0.39, 0.29) is 6.61 Å². The molecule has 1 aliphatic rings. The third-order valence-electron chi connectivity index (χ3n) is 3.48. The molecule has 1 aromatic carbocycles. The van der Waals surface area contributed by atoms with Gasteiger partial charge in [0.15, 0.2) is 0 Å². The molecule has 0 bridgehead atoms. The van der Waals surface area contributed by atoms with Crippen molar-refractivity contribution in [2.75, 3.05) is 25.6 Å². The molecule has 0 aliphatic carbocycles. The maximum absolute atomic E-state index is 12.3. The van der Waals surface area contributed by atoms with Crippen LogP contribution in [0.4, 0.5) is 10.5 Å². The lowest BCUT2D eigenvalue weighted by Gasteiger charge is -2.20. The van der Waals surface area contributed by atoms with Crippen molar-refractivity contribution in [2.24, 2.45) is 0 Å². The normalized spacial score (nSPS) is 20.6. The number of benzene rings is 1.